The van der Waals surface area contributed by atoms with Crippen LogP contribution in [0.5, 0.6) is 0 Å². The lowest BCUT2D eigenvalue weighted by Crippen LogP contribution is -2.43. The number of unbranched alkanes of at least 4 members (excludes halogenated alkanes) is 1. The van der Waals surface area contributed by atoms with Gasteiger partial charge >= 0.3 is 12.1 Å². The molecule has 0 bridgehead atoms. The van der Waals surface area contributed by atoms with Crippen molar-refractivity contribution < 1.29 is 23.8 Å². The molecule has 28 heavy (non-hydrogen) atoms. The van der Waals surface area contributed by atoms with Crippen LogP contribution >= 0.6 is 0 Å². The van der Waals surface area contributed by atoms with Crippen molar-refractivity contribution in [3.63, 3.8) is 0 Å². The number of ether oxygens (including phenoxy) is 3. The van der Waals surface area contributed by atoms with Crippen molar-refractivity contribution in [2.24, 2.45) is 5.92 Å². The molecule has 0 aliphatic carbocycles. The van der Waals surface area contributed by atoms with E-state index in [2.05, 4.69) is 12.1 Å². The Kier molecular flexibility index (Phi) is 8.30. The Morgan fingerprint density at radius 1 is 1.14 bits per heavy atom. The van der Waals surface area contributed by atoms with E-state index in [1.54, 1.807) is 0 Å². The maximum Gasteiger partial charge on any atom is 0.411 e. The molecule has 1 amide bonds. The first-order valence-corrected chi connectivity index (χ1v) is 9.99. The Morgan fingerprint density at radius 2 is 1.86 bits per heavy atom. The summed E-state index contributed by atoms with van der Waals surface area (Å²) in [6.07, 6.45) is 3.07. The Balaban J connectivity index is 1.74. The van der Waals surface area contributed by atoms with Gasteiger partial charge in [-0.3, -0.25) is 4.90 Å². The van der Waals surface area contributed by atoms with E-state index in [-0.39, 0.29) is 11.9 Å². The first kappa shape index (κ1) is 22.2. The monoisotopic (exact) mass is 391 g/mol. The van der Waals surface area contributed by atoms with E-state index >= 15 is 0 Å². The molecule has 156 valence electrons. The van der Waals surface area contributed by atoms with Gasteiger partial charge < -0.3 is 14.2 Å². The van der Waals surface area contributed by atoms with E-state index in [0.29, 0.717) is 26.2 Å². The van der Waals surface area contributed by atoms with Crippen LogP contribution in [-0.4, -0.2) is 48.9 Å². The number of esters is 1. The van der Waals surface area contributed by atoms with Gasteiger partial charge in [-0.2, -0.15) is 0 Å². The summed E-state index contributed by atoms with van der Waals surface area (Å²) in [5, 5.41) is 0. The normalized spacial score (nSPS) is 19.5. The van der Waals surface area contributed by atoms with Gasteiger partial charge in [-0.1, -0.05) is 36.8 Å². The van der Waals surface area contributed by atoms with E-state index in [1.807, 2.05) is 39.0 Å². The number of carbonyl (C=O) groups excluding carboxylic acids is 2. The van der Waals surface area contributed by atoms with E-state index in [4.69, 9.17) is 14.2 Å². The molecule has 2 atom stereocenters. The molecular weight excluding hydrogens is 358 g/mol. The minimum atomic E-state index is -0.591. The number of rotatable bonds is 8. The van der Waals surface area contributed by atoms with Crippen molar-refractivity contribution in [3.8, 4) is 0 Å². The number of carbonyl (C=O) groups is 2. The number of nitrogens with zero attached hydrogens (tertiary/aromatic N) is 1. The number of methoxy groups -OCH3 is 1. The summed E-state index contributed by atoms with van der Waals surface area (Å²) in [5.41, 5.74) is 0.582. The molecule has 1 aromatic carbocycles. The van der Waals surface area contributed by atoms with Crippen molar-refractivity contribution in [1.82, 2.24) is 4.90 Å². The summed E-state index contributed by atoms with van der Waals surface area (Å²) in [6, 6.07) is 9.56. The zero-order chi connectivity index (χ0) is 20.6. The smallest absolute Gasteiger partial charge is 0.411 e. The molecular formula is C22H33NO5. The largest absolute Gasteiger partial charge is 0.467 e. The number of benzene rings is 1. The second-order valence-electron chi connectivity index (χ2n) is 8.31. The van der Waals surface area contributed by atoms with Crippen molar-refractivity contribution in [2.75, 3.05) is 20.3 Å². The van der Waals surface area contributed by atoms with Crippen LogP contribution in [0.15, 0.2) is 30.3 Å². The van der Waals surface area contributed by atoms with Gasteiger partial charge in [-0.15, -0.1) is 0 Å². The molecule has 1 heterocycles. The maximum absolute atomic E-state index is 12.5. The van der Waals surface area contributed by atoms with Gasteiger partial charge in [0.15, 0.2) is 0 Å². The van der Waals surface area contributed by atoms with E-state index < -0.39 is 17.7 Å². The van der Waals surface area contributed by atoms with Crippen molar-refractivity contribution in [3.05, 3.63) is 35.9 Å². The number of likely N-dealkylation sites (tertiary alicyclic amines) is 1. The number of hydrogen-bond donors (Lipinski definition) is 0. The van der Waals surface area contributed by atoms with Gasteiger partial charge in [0.25, 0.3) is 0 Å². The molecule has 0 aromatic heterocycles. The van der Waals surface area contributed by atoms with Crippen molar-refractivity contribution >= 4 is 12.1 Å². The van der Waals surface area contributed by atoms with Crippen LogP contribution in [0.4, 0.5) is 4.79 Å². The predicted molar refractivity (Wildman–Crippen MR) is 107 cm³/mol. The van der Waals surface area contributed by atoms with Crippen LogP contribution in [0, 0.1) is 5.92 Å². The minimum Gasteiger partial charge on any atom is -0.467 e. The molecule has 1 saturated heterocycles. The maximum atomic E-state index is 12.5. The van der Waals surface area contributed by atoms with Gasteiger partial charge in [0, 0.05) is 13.2 Å². The molecule has 1 aromatic rings. The van der Waals surface area contributed by atoms with Crippen molar-refractivity contribution in [1.29, 1.82) is 0 Å². The summed E-state index contributed by atoms with van der Waals surface area (Å²) in [7, 11) is 1.35. The van der Waals surface area contributed by atoms with Crippen molar-refractivity contribution in [2.45, 2.75) is 64.7 Å². The number of amides is 1. The zero-order valence-electron chi connectivity index (χ0n) is 17.5. The quantitative estimate of drug-likeness (QED) is 0.491. The summed E-state index contributed by atoms with van der Waals surface area (Å²) in [5.74, 6) is -0.106. The molecule has 6 heteroatoms. The molecule has 1 fully saturated rings. The highest BCUT2D eigenvalue weighted by Gasteiger charge is 2.41. The van der Waals surface area contributed by atoms with Crippen LogP contribution in [0.2, 0.25) is 0 Å². The third-order valence-electron chi connectivity index (χ3n) is 4.75. The van der Waals surface area contributed by atoms with Crippen LogP contribution in [-0.2, 0) is 25.6 Å². The highest BCUT2D eigenvalue weighted by Crippen LogP contribution is 2.29. The second-order valence-corrected chi connectivity index (χ2v) is 8.31. The summed E-state index contributed by atoms with van der Waals surface area (Å²) in [6.45, 7) is 7.32. The fraction of sp³-hybridized carbons (Fsp3) is 0.636. The second kappa shape index (κ2) is 10.5. The SMILES string of the molecule is COC(=O)C1CC(CCCCOCc2ccccc2)CN1C(=O)OC(C)(C)C. The Hall–Kier alpha value is -2.08. The lowest BCUT2D eigenvalue weighted by atomic mass is 9.99. The van der Waals surface area contributed by atoms with Gasteiger partial charge in [-0.05, 0) is 51.5 Å². The lowest BCUT2D eigenvalue weighted by Gasteiger charge is -2.27. The molecule has 1 aliphatic heterocycles. The lowest BCUT2D eigenvalue weighted by molar-refractivity contribution is -0.145. The first-order valence-electron chi connectivity index (χ1n) is 9.99. The average Bonchev–Trinajstić information content (AvgIpc) is 3.08. The Bertz CT molecular complexity index is 626. The summed E-state index contributed by atoms with van der Waals surface area (Å²) < 4.78 is 16.1. The van der Waals surface area contributed by atoms with E-state index in [9.17, 15) is 9.59 Å². The van der Waals surface area contributed by atoms with E-state index in [1.165, 1.54) is 17.6 Å². The third-order valence-corrected chi connectivity index (χ3v) is 4.75. The molecule has 0 saturated carbocycles. The Morgan fingerprint density at radius 3 is 2.50 bits per heavy atom. The molecule has 6 nitrogen and oxygen atoms in total. The van der Waals surface area contributed by atoms with Crippen LogP contribution < -0.4 is 0 Å². The zero-order valence-corrected chi connectivity index (χ0v) is 17.5. The van der Waals surface area contributed by atoms with E-state index in [0.717, 1.165) is 19.3 Å². The van der Waals surface area contributed by atoms with Gasteiger partial charge in [0.1, 0.15) is 11.6 Å². The van der Waals surface area contributed by atoms with Gasteiger partial charge in [0.05, 0.1) is 13.7 Å². The topological polar surface area (TPSA) is 65.1 Å². The minimum absolute atomic E-state index is 0.269. The fourth-order valence-corrected chi connectivity index (χ4v) is 3.42. The predicted octanol–water partition coefficient (Wildman–Crippen LogP) is 4.17. The van der Waals surface area contributed by atoms with Crippen LogP contribution in [0.1, 0.15) is 52.0 Å². The Labute approximate surface area is 168 Å². The summed E-state index contributed by atoms with van der Waals surface area (Å²) >= 11 is 0. The van der Waals surface area contributed by atoms with Crippen LogP contribution in [0.3, 0.4) is 0 Å². The van der Waals surface area contributed by atoms with Gasteiger partial charge in [-0.25, -0.2) is 9.59 Å². The first-order chi connectivity index (χ1) is 13.3. The number of hydrogen-bond acceptors (Lipinski definition) is 5. The average molecular weight is 392 g/mol. The van der Waals surface area contributed by atoms with Gasteiger partial charge in [0.2, 0.25) is 0 Å². The van der Waals surface area contributed by atoms with Crippen LogP contribution in [0.25, 0.3) is 0 Å². The molecule has 2 rings (SSSR count). The molecule has 0 N–H and O–H groups in total. The highest BCUT2D eigenvalue weighted by molar-refractivity contribution is 5.82. The molecule has 0 spiro atoms. The third kappa shape index (κ3) is 7.15. The molecule has 1 aliphatic rings. The summed E-state index contributed by atoms with van der Waals surface area (Å²) in [4.78, 5) is 26.1. The molecule has 0 radical (unpaired) electrons. The highest BCUT2D eigenvalue weighted by atomic mass is 16.6. The standard InChI is InChI=1S/C22H33NO5/c1-22(2,3)28-21(25)23-15-18(14-19(23)20(24)26-4)12-8-9-13-27-16-17-10-6-5-7-11-17/h5-7,10-11,18-19H,8-9,12-16H2,1-4H3. The fourth-order valence-electron chi connectivity index (χ4n) is 3.42. The molecule has 2 unspecified atom stereocenters.